The standard InChI is InChI=1S/C23H19Cl2N3O6S/c1-33-21-11-15(7-10-20(21)34-23(30)18-9-8-16(24)12-19(18)25)13-26-28-22(29)14-27-35(31,32)17-5-3-2-4-6-17/h2-13,27H,14H2,1H3,(H,28,29). The minimum Gasteiger partial charge on any atom is -0.493 e. The van der Waals surface area contributed by atoms with Crippen molar-refractivity contribution in [1.82, 2.24) is 10.1 Å². The summed E-state index contributed by atoms with van der Waals surface area (Å²) in [5, 5.41) is 4.32. The molecule has 0 radical (unpaired) electrons. The lowest BCUT2D eigenvalue weighted by Gasteiger charge is -2.10. The van der Waals surface area contributed by atoms with Crippen molar-refractivity contribution in [2.75, 3.05) is 13.7 Å². The number of amides is 1. The van der Waals surface area contributed by atoms with Crippen molar-refractivity contribution in [2.24, 2.45) is 5.10 Å². The Balaban J connectivity index is 1.59. The van der Waals surface area contributed by atoms with E-state index in [4.69, 9.17) is 32.7 Å². The summed E-state index contributed by atoms with van der Waals surface area (Å²) in [6.45, 7) is -0.500. The Hall–Kier alpha value is -3.44. The van der Waals surface area contributed by atoms with Crippen molar-refractivity contribution >= 4 is 51.3 Å². The van der Waals surface area contributed by atoms with Crippen molar-refractivity contribution < 1.29 is 27.5 Å². The number of ether oxygens (including phenoxy) is 2. The molecule has 0 atom stereocenters. The molecule has 2 N–H and O–H groups in total. The Morgan fingerprint density at radius 1 is 1.00 bits per heavy atom. The maximum Gasteiger partial charge on any atom is 0.345 e. The molecule has 3 rings (SSSR count). The highest BCUT2D eigenvalue weighted by molar-refractivity contribution is 7.89. The molecule has 0 fully saturated rings. The van der Waals surface area contributed by atoms with Gasteiger partial charge < -0.3 is 9.47 Å². The van der Waals surface area contributed by atoms with Crippen LogP contribution in [0.3, 0.4) is 0 Å². The van der Waals surface area contributed by atoms with Gasteiger partial charge in [0.25, 0.3) is 5.91 Å². The van der Waals surface area contributed by atoms with Gasteiger partial charge in [-0.25, -0.2) is 23.4 Å². The molecular formula is C23H19Cl2N3O6S. The van der Waals surface area contributed by atoms with E-state index in [-0.39, 0.29) is 27.0 Å². The lowest BCUT2D eigenvalue weighted by Crippen LogP contribution is -2.34. The largest absolute Gasteiger partial charge is 0.493 e. The van der Waals surface area contributed by atoms with Crippen molar-refractivity contribution in [1.29, 1.82) is 0 Å². The summed E-state index contributed by atoms with van der Waals surface area (Å²) in [6, 6.07) is 16.6. The number of sulfonamides is 1. The average molecular weight is 536 g/mol. The summed E-state index contributed by atoms with van der Waals surface area (Å²) in [6.07, 6.45) is 1.31. The number of hydrogen-bond acceptors (Lipinski definition) is 7. The molecule has 0 saturated heterocycles. The second-order valence-corrected chi connectivity index (χ2v) is 9.47. The molecule has 0 aliphatic heterocycles. The van der Waals surface area contributed by atoms with Crippen LogP contribution in [0.1, 0.15) is 15.9 Å². The lowest BCUT2D eigenvalue weighted by atomic mass is 10.2. The van der Waals surface area contributed by atoms with Gasteiger partial charge in [-0.3, -0.25) is 4.79 Å². The van der Waals surface area contributed by atoms with Crippen LogP contribution in [0.15, 0.2) is 76.7 Å². The number of carbonyl (C=O) groups is 2. The van der Waals surface area contributed by atoms with Crippen molar-refractivity contribution in [3.8, 4) is 11.5 Å². The molecule has 0 saturated carbocycles. The van der Waals surface area contributed by atoms with Crippen molar-refractivity contribution in [2.45, 2.75) is 4.90 Å². The first-order chi connectivity index (χ1) is 16.7. The first-order valence-electron chi connectivity index (χ1n) is 9.91. The SMILES string of the molecule is COc1cc(C=NNC(=O)CNS(=O)(=O)c2ccccc2)ccc1OC(=O)c1ccc(Cl)cc1Cl. The minimum atomic E-state index is -3.82. The number of halogens is 2. The monoisotopic (exact) mass is 535 g/mol. The summed E-state index contributed by atoms with van der Waals surface area (Å²) in [5.74, 6) is -0.996. The first-order valence-corrected chi connectivity index (χ1v) is 12.2. The third-order valence-corrected chi connectivity index (χ3v) is 6.39. The molecule has 1 amide bonds. The summed E-state index contributed by atoms with van der Waals surface area (Å²) in [5.41, 5.74) is 2.87. The third kappa shape index (κ3) is 7.27. The van der Waals surface area contributed by atoms with Gasteiger partial charge in [0.15, 0.2) is 11.5 Å². The van der Waals surface area contributed by atoms with Crippen molar-refractivity contribution in [3.63, 3.8) is 0 Å². The van der Waals surface area contributed by atoms with Crippen LogP contribution >= 0.6 is 23.2 Å². The number of hydrogen-bond donors (Lipinski definition) is 2. The minimum absolute atomic E-state index is 0.0440. The van der Waals surface area contributed by atoms with E-state index >= 15 is 0 Å². The highest BCUT2D eigenvalue weighted by Gasteiger charge is 2.17. The smallest absolute Gasteiger partial charge is 0.345 e. The van der Waals surface area contributed by atoms with Gasteiger partial charge in [0, 0.05) is 5.02 Å². The molecule has 9 nitrogen and oxygen atoms in total. The maximum absolute atomic E-state index is 12.4. The number of methoxy groups -OCH3 is 1. The number of rotatable bonds is 9. The predicted octanol–water partition coefficient (Wildman–Crippen LogP) is 3.65. The van der Waals surface area contributed by atoms with E-state index in [2.05, 4.69) is 15.2 Å². The van der Waals surface area contributed by atoms with Gasteiger partial charge in [0.05, 0.1) is 35.4 Å². The highest BCUT2D eigenvalue weighted by atomic mass is 35.5. The van der Waals surface area contributed by atoms with Crippen LogP contribution < -0.4 is 19.6 Å². The Labute approximate surface area is 211 Å². The molecule has 3 aromatic rings. The van der Waals surface area contributed by atoms with E-state index in [1.165, 1.54) is 55.8 Å². The topological polar surface area (TPSA) is 123 Å². The number of carbonyl (C=O) groups excluding carboxylic acids is 2. The van der Waals surface area contributed by atoms with Gasteiger partial charge in [0.1, 0.15) is 0 Å². The van der Waals surface area contributed by atoms with Gasteiger partial charge in [-0.1, -0.05) is 41.4 Å². The average Bonchev–Trinajstić information content (AvgIpc) is 2.84. The Morgan fingerprint density at radius 3 is 2.43 bits per heavy atom. The maximum atomic E-state index is 12.4. The zero-order chi connectivity index (χ0) is 25.4. The normalized spacial score (nSPS) is 11.3. The molecule has 0 heterocycles. The van der Waals surface area contributed by atoms with Gasteiger partial charge in [0.2, 0.25) is 10.0 Å². The molecule has 0 aliphatic rings. The zero-order valence-corrected chi connectivity index (χ0v) is 20.5. The van der Waals surface area contributed by atoms with Crippen LogP contribution in [0.2, 0.25) is 10.0 Å². The molecular weight excluding hydrogens is 517 g/mol. The molecule has 0 bridgehead atoms. The molecule has 3 aromatic carbocycles. The molecule has 0 aliphatic carbocycles. The molecule has 0 aromatic heterocycles. The van der Waals surface area contributed by atoms with Crippen LogP contribution in [0.25, 0.3) is 0 Å². The van der Waals surface area contributed by atoms with E-state index in [0.717, 1.165) is 0 Å². The number of hydrazone groups is 1. The van der Waals surface area contributed by atoms with Crippen LogP contribution in [-0.4, -0.2) is 40.2 Å². The Kier molecular flexibility index (Phi) is 8.83. The second kappa shape index (κ2) is 11.8. The van der Waals surface area contributed by atoms with Crippen LogP contribution in [-0.2, 0) is 14.8 Å². The number of esters is 1. The fourth-order valence-electron chi connectivity index (χ4n) is 2.72. The van der Waals surface area contributed by atoms with Gasteiger partial charge in [-0.05, 0) is 54.1 Å². The molecule has 35 heavy (non-hydrogen) atoms. The van der Waals surface area contributed by atoms with Gasteiger partial charge in [-0.2, -0.15) is 5.10 Å². The first kappa shape index (κ1) is 26.2. The fourth-order valence-corrected chi connectivity index (χ4v) is 4.21. The lowest BCUT2D eigenvalue weighted by molar-refractivity contribution is -0.119. The van der Waals surface area contributed by atoms with Crippen LogP contribution in [0.5, 0.6) is 11.5 Å². The van der Waals surface area contributed by atoms with E-state index in [1.54, 1.807) is 24.3 Å². The number of benzene rings is 3. The molecule has 12 heteroatoms. The van der Waals surface area contributed by atoms with Crippen LogP contribution in [0, 0.1) is 0 Å². The summed E-state index contributed by atoms with van der Waals surface area (Å²) >= 11 is 11.9. The fraction of sp³-hybridized carbons (Fsp3) is 0.0870. The van der Waals surface area contributed by atoms with E-state index in [9.17, 15) is 18.0 Å². The van der Waals surface area contributed by atoms with E-state index in [1.807, 2.05) is 0 Å². The van der Waals surface area contributed by atoms with Gasteiger partial charge >= 0.3 is 5.97 Å². The number of nitrogens with one attached hydrogen (secondary N) is 2. The van der Waals surface area contributed by atoms with E-state index in [0.29, 0.717) is 10.6 Å². The second-order valence-electron chi connectivity index (χ2n) is 6.85. The van der Waals surface area contributed by atoms with E-state index < -0.39 is 28.4 Å². The van der Waals surface area contributed by atoms with Crippen molar-refractivity contribution in [3.05, 3.63) is 87.9 Å². The predicted molar refractivity (Wildman–Crippen MR) is 132 cm³/mol. The van der Waals surface area contributed by atoms with Gasteiger partial charge in [-0.15, -0.1) is 0 Å². The molecule has 182 valence electrons. The van der Waals surface area contributed by atoms with Crippen LogP contribution in [0.4, 0.5) is 0 Å². The summed E-state index contributed by atoms with van der Waals surface area (Å²) in [7, 11) is -2.42. The third-order valence-electron chi connectivity index (χ3n) is 4.42. The quantitative estimate of drug-likeness (QED) is 0.186. The number of nitrogens with zero attached hydrogens (tertiary/aromatic N) is 1. The highest BCUT2D eigenvalue weighted by Crippen LogP contribution is 2.29. The summed E-state index contributed by atoms with van der Waals surface area (Å²) in [4.78, 5) is 24.4. The Bertz CT molecular complexity index is 1360. The summed E-state index contributed by atoms with van der Waals surface area (Å²) < 4.78 is 37.1. The molecule has 0 unspecified atom stereocenters. The zero-order valence-electron chi connectivity index (χ0n) is 18.2. The molecule has 0 spiro atoms. The Morgan fingerprint density at radius 2 is 1.74 bits per heavy atom.